The Morgan fingerprint density at radius 1 is 1.07 bits per heavy atom. The summed E-state index contributed by atoms with van der Waals surface area (Å²) in [5, 5.41) is 10.9. The zero-order chi connectivity index (χ0) is 30.3. The predicted octanol–water partition coefficient (Wildman–Crippen LogP) is 3.77. The summed E-state index contributed by atoms with van der Waals surface area (Å²) < 4.78 is 20.2. The van der Waals surface area contributed by atoms with Crippen LogP contribution in [0.4, 0.5) is 10.1 Å². The van der Waals surface area contributed by atoms with Gasteiger partial charge in [0, 0.05) is 68.6 Å². The fourth-order valence-electron chi connectivity index (χ4n) is 6.80. The molecule has 3 heterocycles. The van der Waals surface area contributed by atoms with Gasteiger partial charge in [0.25, 0.3) is 0 Å². The van der Waals surface area contributed by atoms with Crippen molar-refractivity contribution in [3.8, 4) is 5.75 Å². The summed E-state index contributed by atoms with van der Waals surface area (Å²) in [6.07, 6.45) is 4.28. The van der Waals surface area contributed by atoms with E-state index in [0.29, 0.717) is 57.2 Å². The average molecular weight is 616 g/mol. The van der Waals surface area contributed by atoms with Gasteiger partial charge in [-0.2, -0.15) is 0 Å². The number of β-amino-alcohol motifs (C(OH)–C–C–N with tert-alkyl or cyclic N) is 1. The van der Waals surface area contributed by atoms with Crippen LogP contribution >= 0.6 is 11.6 Å². The maximum Gasteiger partial charge on any atom is 0.239 e. The Bertz CT molecular complexity index is 1220. The molecule has 0 bridgehead atoms. The van der Waals surface area contributed by atoms with E-state index in [2.05, 4.69) is 26.8 Å². The van der Waals surface area contributed by atoms with Crippen molar-refractivity contribution in [2.24, 2.45) is 11.7 Å². The second kappa shape index (κ2) is 15.0. The number of carbonyl (C=O) groups excluding carboxylic acids is 1. The number of ether oxygens (including phenoxy) is 1. The number of rotatable bonds is 10. The number of hydrogen-bond acceptors (Lipinski definition) is 7. The molecule has 2 atom stereocenters. The van der Waals surface area contributed by atoms with Gasteiger partial charge in [0.15, 0.2) is 0 Å². The number of carbonyl (C=O) groups is 1. The molecule has 0 radical (unpaired) electrons. The molecule has 236 valence electrons. The third-order valence-electron chi connectivity index (χ3n) is 9.34. The molecule has 3 aliphatic heterocycles. The molecule has 0 spiro atoms. The first-order chi connectivity index (χ1) is 20.8. The Morgan fingerprint density at radius 2 is 1.84 bits per heavy atom. The van der Waals surface area contributed by atoms with E-state index in [0.717, 1.165) is 63.3 Å². The van der Waals surface area contributed by atoms with Crippen molar-refractivity contribution in [2.45, 2.75) is 57.7 Å². The van der Waals surface area contributed by atoms with Crippen LogP contribution < -0.4 is 15.4 Å². The van der Waals surface area contributed by atoms with E-state index in [1.807, 2.05) is 24.0 Å². The molecule has 0 saturated carbocycles. The van der Waals surface area contributed by atoms with Crippen LogP contribution in [0.3, 0.4) is 0 Å². The first kappa shape index (κ1) is 32.0. The minimum atomic E-state index is -0.491. The zero-order valence-electron chi connectivity index (χ0n) is 25.4. The van der Waals surface area contributed by atoms with E-state index in [-0.39, 0.29) is 23.7 Å². The van der Waals surface area contributed by atoms with E-state index in [1.54, 1.807) is 6.07 Å². The first-order valence-corrected chi connectivity index (χ1v) is 16.3. The highest BCUT2D eigenvalue weighted by atomic mass is 35.5. The topological polar surface area (TPSA) is 85.5 Å². The summed E-state index contributed by atoms with van der Waals surface area (Å²) in [6, 6.07) is 10.5. The number of aliphatic hydroxyl groups excluding tert-OH is 1. The Balaban J connectivity index is 1.07. The normalized spacial score (nSPS) is 21.7. The molecule has 8 nitrogen and oxygen atoms in total. The number of nitrogens with two attached hydrogens (primary N) is 1. The number of amides is 1. The fourth-order valence-corrected chi connectivity index (χ4v) is 6.99. The van der Waals surface area contributed by atoms with Crippen molar-refractivity contribution in [3.05, 3.63) is 58.4 Å². The van der Waals surface area contributed by atoms with E-state index >= 15 is 0 Å². The van der Waals surface area contributed by atoms with Crippen LogP contribution in [0.15, 0.2) is 36.4 Å². The number of halogens is 2. The summed E-state index contributed by atoms with van der Waals surface area (Å²) >= 11 is 6.37. The maximum absolute atomic E-state index is 14.5. The third-order valence-corrected chi connectivity index (χ3v) is 9.58. The number of aliphatic hydroxyl groups is 1. The van der Waals surface area contributed by atoms with Crippen LogP contribution in [0.5, 0.6) is 5.75 Å². The van der Waals surface area contributed by atoms with E-state index in [1.165, 1.54) is 17.3 Å². The SMILES string of the molecule is CCOc1cccc(F)c1CN1CCN(C(=O)[C@H](N)C2CCN(CCc3cc(Cl)ccc3N3CCC[C@@H](O)C3)CC2)CC1. The van der Waals surface area contributed by atoms with Crippen LogP contribution in [0.1, 0.15) is 43.7 Å². The summed E-state index contributed by atoms with van der Waals surface area (Å²) in [6.45, 7) is 9.79. The van der Waals surface area contributed by atoms with Crippen molar-refractivity contribution in [2.75, 3.05) is 70.4 Å². The van der Waals surface area contributed by atoms with Crippen LogP contribution in [0.25, 0.3) is 0 Å². The van der Waals surface area contributed by atoms with E-state index in [4.69, 9.17) is 22.1 Å². The fraction of sp³-hybridized carbons (Fsp3) is 0.606. The monoisotopic (exact) mass is 615 g/mol. The molecule has 3 aliphatic rings. The summed E-state index contributed by atoms with van der Waals surface area (Å²) in [7, 11) is 0. The lowest BCUT2D eigenvalue weighted by molar-refractivity contribution is -0.136. The number of anilines is 1. The molecule has 3 saturated heterocycles. The van der Waals surface area contributed by atoms with Crippen molar-refractivity contribution in [1.82, 2.24) is 14.7 Å². The van der Waals surface area contributed by atoms with Gasteiger partial charge in [0.2, 0.25) is 5.91 Å². The summed E-state index contributed by atoms with van der Waals surface area (Å²) in [4.78, 5) is 22.2. The van der Waals surface area contributed by atoms with Gasteiger partial charge in [-0.25, -0.2) is 4.39 Å². The minimum Gasteiger partial charge on any atom is -0.493 e. The molecule has 0 aliphatic carbocycles. The molecule has 0 aromatic heterocycles. The van der Waals surface area contributed by atoms with Crippen molar-refractivity contribution in [3.63, 3.8) is 0 Å². The molecule has 3 N–H and O–H groups in total. The zero-order valence-corrected chi connectivity index (χ0v) is 26.2. The van der Waals surface area contributed by atoms with Crippen molar-refractivity contribution >= 4 is 23.2 Å². The molecule has 2 aromatic rings. The first-order valence-electron chi connectivity index (χ1n) is 15.9. The number of nitrogens with zero attached hydrogens (tertiary/aromatic N) is 4. The van der Waals surface area contributed by atoms with Crippen LogP contribution in [0, 0.1) is 11.7 Å². The third kappa shape index (κ3) is 8.19. The largest absolute Gasteiger partial charge is 0.493 e. The maximum atomic E-state index is 14.5. The van der Waals surface area contributed by atoms with Gasteiger partial charge in [-0.1, -0.05) is 17.7 Å². The average Bonchev–Trinajstić information content (AvgIpc) is 3.02. The minimum absolute atomic E-state index is 0.0336. The van der Waals surface area contributed by atoms with Crippen LogP contribution in [-0.4, -0.2) is 103 Å². The molecule has 2 aromatic carbocycles. The van der Waals surface area contributed by atoms with Gasteiger partial charge >= 0.3 is 0 Å². The number of piperazine rings is 1. The van der Waals surface area contributed by atoms with Gasteiger partial charge in [0.1, 0.15) is 11.6 Å². The number of benzene rings is 2. The highest BCUT2D eigenvalue weighted by Gasteiger charge is 2.33. The molecule has 3 fully saturated rings. The lowest BCUT2D eigenvalue weighted by Gasteiger charge is -2.39. The Morgan fingerprint density at radius 3 is 2.56 bits per heavy atom. The van der Waals surface area contributed by atoms with Gasteiger partial charge < -0.3 is 30.3 Å². The Hall–Kier alpha value is -2.43. The highest BCUT2D eigenvalue weighted by Crippen LogP contribution is 2.29. The Kier molecular flexibility index (Phi) is 11.2. The van der Waals surface area contributed by atoms with Gasteiger partial charge in [-0.3, -0.25) is 9.69 Å². The summed E-state index contributed by atoms with van der Waals surface area (Å²) in [5.41, 5.74) is 9.53. The van der Waals surface area contributed by atoms with E-state index in [9.17, 15) is 14.3 Å². The Labute approximate surface area is 260 Å². The quantitative estimate of drug-likeness (QED) is 0.421. The second-order valence-electron chi connectivity index (χ2n) is 12.2. The van der Waals surface area contributed by atoms with Crippen LogP contribution in [-0.2, 0) is 17.8 Å². The smallest absolute Gasteiger partial charge is 0.239 e. The van der Waals surface area contributed by atoms with Crippen molar-refractivity contribution < 1.29 is 19.0 Å². The van der Waals surface area contributed by atoms with Gasteiger partial charge in [-0.05, 0) is 93.9 Å². The molecule has 10 heteroatoms. The summed E-state index contributed by atoms with van der Waals surface area (Å²) in [5.74, 6) is 0.536. The lowest BCUT2D eigenvalue weighted by Crippen LogP contribution is -2.55. The highest BCUT2D eigenvalue weighted by molar-refractivity contribution is 6.30. The van der Waals surface area contributed by atoms with Gasteiger partial charge in [0.05, 0.1) is 18.8 Å². The number of likely N-dealkylation sites (tertiary alicyclic amines) is 1. The molecular weight excluding hydrogens is 569 g/mol. The van der Waals surface area contributed by atoms with Gasteiger partial charge in [-0.15, -0.1) is 0 Å². The van der Waals surface area contributed by atoms with Crippen molar-refractivity contribution in [1.29, 1.82) is 0 Å². The van der Waals surface area contributed by atoms with Crippen LogP contribution in [0.2, 0.25) is 5.02 Å². The number of hydrogen-bond donors (Lipinski definition) is 2. The molecule has 43 heavy (non-hydrogen) atoms. The molecule has 0 unspecified atom stereocenters. The predicted molar refractivity (Wildman–Crippen MR) is 169 cm³/mol. The lowest BCUT2D eigenvalue weighted by atomic mass is 9.88. The molecule has 1 amide bonds. The number of piperidine rings is 2. The molecule has 5 rings (SSSR count). The molecular formula is C33H47ClFN5O3. The standard InChI is InChI=1S/C33H47ClFN5O3/c1-2-43-31-7-3-6-29(35)28(31)23-38-17-19-39(20-18-38)33(42)32(36)24-10-14-37(15-11-24)16-12-25-21-26(34)8-9-30(25)40-13-4-5-27(41)22-40/h3,6-9,21,24,27,32,41H,2,4-5,10-20,22-23,36H2,1H3/t27-,32-/m1/s1. The second-order valence-corrected chi connectivity index (χ2v) is 12.7. The van der Waals surface area contributed by atoms with E-state index < -0.39 is 6.04 Å².